The summed E-state index contributed by atoms with van der Waals surface area (Å²) in [5.41, 5.74) is 1.27. The van der Waals surface area contributed by atoms with E-state index in [-0.39, 0.29) is 17.3 Å². The van der Waals surface area contributed by atoms with Gasteiger partial charge in [0.15, 0.2) is 11.5 Å². The molecule has 0 unspecified atom stereocenters. The van der Waals surface area contributed by atoms with Crippen LogP contribution in [0, 0.1) is 0 Å². The third-order valence-electron chi connectivity index (χ3n) is 4.44. The molecule has 9 heteroatoms. The van der Waals surface area contributed by atoms with Gasteiger partial charge in [-0.25, -0.2) is 13.1 Å². The number of fused-ring (bicyclic) bond motifs is 1. The van der Waals surface area contributed by atoms with E-state index in [1.54, 1.807) is 30.3 Å². The van der Waals surface area contributed by atoms with Gasteiger partial charge >= 0.3 is 0 Å². The highest BCUT2D eigenvalue weighted by molar-refractivity contribution is 7.89. The average Bonchev–Trinajstić information content (AvgIpc) is 3.30. The van der Waals surface area contributed by atoms with Gasteiger partial charge in [-0.15, -0.1) is 0 Å². The fraction of sp³-hybridized carbons (Fsp3) is 0.136. The van der Waals surface area contributed by atoms with Gasteiger partial charge < -0.3 is 19.2 Å². The SMILES string of the molecule is O=C(C=Cc1ccc2c(c1)OCCO2)Nc1ccc(S(=O)(=O)NCc2ccco2)cc1. The monoisotopic (exact) mass is 440 g/mol. The Morgan fingerprint density at radius 3 is 2.52 bits per heavy atom. The summed E-state index contributed by atoms with van der Waals surface area (Å²) in [6.07, 6.45) is 4.52. The topological polar surface area (TPSA) is 107 Å². The van der Waals surface area contributed by atoms with E-state index in [4.69, 9.17) is 13.9 Å². The summed E-state index contributed by atoms with van der Waals surface area (Å²) < 4.78 is 43.3. The van der Waals surface area contributed by atoms with Crippen LogP contribution in [-0.4, -0.2) is 27.5 Å². The molecule has 2 N–H and O–H groups in total. The largest absolute Gasteiger partial charge is 0.486 e. The van der Waals surface area contributed by atoms with Crippen molar-refractivity contribution in [3.63, 3.8) is 0 Å². The normalized spacial score (nSPS) is 13.3. The molecule has 1 amide bonds. The van der Waals surface area contributed by atoms with E-state index in [2.05, 4.69) is 10.0 Å². The minimum Gasteiger partial charge on any atom is -0.486 e. The van der Waals surface area contributed by atoms with Crippen molar-refractivity contribution in [2.24, 2.45) is 0 Å². The van der Waals surface area contributed by atoms with Crippen LogP contribution in [0.4, 0.5) is 5.69 Å². The molecular formula is C22H20N2O6S. The Bertz CT molecular complexity index is 1190. The van der Waals surface area contributed by atoms with Crippen molar-refractivity contribution in [1.82, 2.24) is 4.72 Å². The number of hydrogen-bond donors (Lipinski definition) is 2. The second-order valence-corrected chi connectivity index (χ2v) is 8.42. The number of carbonyl (C=O) groups is 1. The van der Waals surface area contributed by atoms with Crippen LogP contribution in [-0.2, 0) is 21.4 Å². The van der Waals surface area contributed by atoms with Gasteiger partial charge in [-0.2, -0.15) is 0 Å². The molecule has 3 aromatic rings. The number of amides is 1. The van der Waals surface area contributed by atoms with E-state index in [1.807, 2.05) is 6.07 Å². The zero-order valence-corrected chi connectivity index (χ0v) is 17.2. The summed E-state index contributed by atoms with van der Waals surface area (Å²) >= 11 is 0. The highest BCUT2D eigenvalue weighted by Gasteiger charge is 2.14. The third-order valence-corrected chi connectivity index (χ3v) is 5.86. The van der Waals surface area contributed by atoms with E-state index >= 15 is 0 Å². The minimum atomic E-state index is -3.69. The summed E-state index contributed by atoms with van der Waals surface area (Å²) in [5, 5.41) is 2.70. The lowest BCUT2D eigenvalue weighted by Gasteiger charge is -2.18. The van der Waals surface area contributed by atoms with Gasteiger partial charge in [0.1, 0.15) is 19.0 Å². The first-order valence-corrected chi connectivity index (χ1v) is 11.0. The van der Waals surface area contributed by atoms with Crippen LogP contribution < -0.4 is 19.5 Å². The van der Waals surface area contributed by atoms with Crippen LogP contribution in [0.1, 0.15) is 11.3 Å². The Morgan fingerprint density at radius 1 is 1.00 bits per heavy atom. The summed E-state index contributed by atoms with van der Waals surface area (Å²) in [7, 11) is -3.69. The van der Waals surface area contributed by atoms with Crippen LogP contribution in [0.3, 0.4) is 0 Å². The molecule has 1 aliphatic rings. The predicted molar refractivity (Wildman–Crippen MR) is 114 cm³/mol. The second kappa shape index (κ2) is 9.07. The molecule has 0 spiro atoms. The number of carbonyl (C=O) groups excluding carboxylic acids is 1. The molecule has 0 aliphatic carbocycles. The molecule has 0 atom stereocenters. The summed E-state index contributed by atoms with van der Waals surface area (Å²) in [6, 6.07) is 14.7. The first kappa shape index (κ1) is 20.7. The zero-order valence-electron chi connectivity index (χ0n) is 16.4. The van der Waals surface area contributed by atoms with Crippen molar-refractivity contribution in [1.29, 1.82) is 0 Å². The molecule has 0 radical (unpaired) electrons. The molecule has 1 aromatic heterocycles. The fourth-order valence-electron chi connectivity index (χ4n) is 2.90. The molecular weight excluding hydrogens is 420 g/mol. The molecule has 8 nitrogen and oxygen atoms in total. The van der Waals surface area contributed by atoms with Crippen molar-refractivity contribution in [2.75, 3.05) is 18.5 Å². The van der Waals surface area contributed by atoms with Gasteiger partial charge in [0.25, 0.3) is 0 Å². The number of sulfonamides is 1. The summed E-state index contributed by atoms with van der Waals surface area (Å²) in [5.74, 6) is 1.49. The quantitative estimate of drug-likeness (QED) is 0.547. The molecule has 0 fully saturated rings. The minimum absolute atomic E-state index is 0.0540. The van der Waals surface area contributed by atoms with Gasteiger partial charge in [-0.3, -0.25) is 4.79 Å². The lowest BCUT2D eigenvalue weighted by molar-refractivity contribution is -0.111. The molecule has 4 rings (SSSR count). The highest BCUT2D eigenvalue weighted by atomic mass is 32.2. The second-order valence-electron chi connectivity index (χ2n) is 6.65. The maximum Gasteiger partial charge on any atom is 0.248 e. The summed E-state index contributed by atoms with van der Waals surface area (Å²) in [4.78, 5) is 12.3. The number of anilines is 1. The standard InChI is InChI=1S/C22H20N2O6S/c25-22(10-4-16-3-9-20-21(14-16)30-13-12-29-20)24-17-5-7-19(8-6-17)31(26,27)23-15-18-2-1-11-28-18/h1-11,14,23H,12-13,15H2,(H,24,25). The van der Waals surface area contributed by atoms with Crippen molar-refractivity contribution < 1.29 is 27.1 Å². The van der Waals surface area contributed by atoms with Gasteiger partial charge in [-0.05, 0) is 60.2 Å². The Balaban J connectivity index is 1.35. The Kier molecular flexibility index (Phi) is 6.06. The number of rotatable bonds is 7. The molecule has 2 aromatic carbocycles. The maximum absolute atomic E-state index is 12.4. The van der Waals surface area contributed by atoms with Crippen LogP contribution >= 0.6 is 0 Å². The van der Waals surface area contributed by atoms with Crippen LogP contribution in [0.5, 0.6) is 11.5 Å². The zero-order chi connectivity index (χ0) is 21.7. The molecule has 2 heterocycles. The Hall–Kier alpha value is -3.56. The van der Waals surface area contributed by atoms with Crippen molar-refractivity contribution in [3.8, 4) is 11.5 Å². The molecule has 0 saturated carbocycles. The lowest BCUT2D eigenvalue weighted by atomic mass is 10.2. The summed E-state index contributed by atoms with van der Waals surface area (Å²) in [6.45, 7) is 1.06. The van der Waals surface area contributed by atoms with E-state index in [0.29, 0.717) is 36.2 Å². The van der Waals surface area contributed by atoms with Gasteiger partial charge in [0.2, 0.25) is 15.9 Å². The van der Waals surface area contributed by atoms with Gasteiger partial charge in [-0.1, -0.05) is 6.07 Å². The highest BCUT2D eigenvalue weighted by Crippen LogP contribution is 2.31. The van der Waals surface area contributed by atoms with E-state index in [9.17, 15) is 13.2 Å². The Morgan fingerprint density at radius 2 is 1.77 bits per heavy atom. The smallest absolute Gasteiger partial charge is 0.248 e. The molecule has 160 valence electrons. The van der Waals surface area contributed by atoms with E-state index < -0.39 is 10.0 Å². The number of hydrogen-bond acceptors (Lipinski definition) is 6. The fourth-order valence-corrected chi connectivity index (χ4v) is 3.89. The lowest BCUT2D eigenvalue weighted by Crippen LogP contribution is -2.23. The van der Waals surface area contributed by atoms with Crippen molar-refractivity contribution >= 4 is 27.7 Å². The molecule has 0 saturated heterocycles. The first-order valence-electron chi connectivity index (χ1n) is 9.50. The predicted octanol–water partition coefficient (Wildman–Crippen LogP) is 3.18. The first-order chi connectivity index (χ1) is 15.0. The average molecular weight is 440 g/mol. The number of furan rings is 1. The van der Waals surface area contributed by atoms with Crippen LogP contribution in [0.25, 0.3) is 6.08 Å². The molecule has 31 heavy (non-hydrogen) atoms. The van der Waals surface area contributed by atoms with Gasteiger partial charge in [0.05, 0.1) is 17.7 Å². The number of ether oxygens (including phenoxy) is 2. The van der Waals surface area contributed by atoms with Crippen molar-refractivity contribution in [3.05, 3.63) is 78.3 Å². The maximum atomic E-state index is 12.4. The van der Waals surface area contributed by atoms with Crippen LogP contribution in [0.2, 0.25) is 0 Å². The molecule has 0 bridgehead atoms. The van der Waals surface area contributed by atoms with Crippen LogP contribution in [0.15, 0.2) is 76.2 Å². The third kappa shape index (κ3) is 5.33. The van der Waals surface area contributed by atoms with Gasteiger partial charge in [0, 0.05) is 11.8 Å². The van der Waals surface area contributed by atoms with E-state index in [0.717, 1.165) is 5.56 Å². The number of benzene rings is 2. The van der Waals surface area contributed by atoms with E-state index in [1.165, 1.54) is 36.6 Å². The number of nitrogens with one attached hydrogen (secondary N) is 2. The Labute approximate surface area is 179 Å². The molecule has 1 aliphatic heterocycles. The van der Waals surface area contributed by atoms with Crippen molar-refractivity contribution in [2.45, 2.75) is 11.4 Å².